The van der Waals surface area contributed by atoms with Gasteiger partial charge in [0.25, 0.3) is 0 Å². The van der Waals surface area contributed by atoms with Crippen LogP contribution in [0.15, 0.2) is 59.6 Å². The first-order valence-corrected chi connectivity index (χ1v) is 10.1. The third-order valence-corrected chi connectivity index (χ3v) is 5.27. The number of hydrogen-bond acceptors (Lipinski definition) is 3. The van der Waals surface area contributed by atoms with Crippen molar-refractivity contribution < 1.29 is 4.74 Å². The molecular formula is C23H33IN4O. The van der Waals surface area contributed by atoms with Gasteiger partial charge in [-0.3, -0.25) is 9.89 Å². The lowest BCUT2D eigenvalue weighted by atomic mass is 10.0. The number of ether oxygens (including phenoxy) is 1. The van der Waals surface area contributed by atoms with Crippen LogP contribution in [0.1, 0.15) is 29.5 Å². The van der Waals surface area contributed by atoms with Crippen LogP contribution in [0.3, 0.4) is 0 Å². The maximum atomic E-state index is 5.30. The van der Waals surface area contributed by atoms with Crippen LogP contribution in [-0.2, 0) is 24.4 Å². The molecular weight excluding hydrogens is 475 g/mol. The van der Waals surface area contributed by atoms with Crippen molar-refractivity contribution in [3.63, 3.8) is 0 Å². The van der Waals surface area contributed by atoms with E-state index in [9.17, 15) is 0 Å². The zero-order valence-electron chi connectivity index (χ0n) is 17.4. The van der Waals surface area contributed by atoms with Crippen LogP contribution in [0, 0.1) is 0 Å². The number of likely N-dealkylation sites (tertiary alicyclic amines) is 1. The third kappa shape index (κ3) is 7.60. The van der Waals surface area contributed by atoms with E-state index < -0.39 is 0 Å². The van der Waals surface area contributed by atoms with E-state index >= 15 is 0 Å². The molecule has 1 heterocycles. The number of piperidine rings is 1. The molecule has 3 rings (SSSR count). The summed E-state index contributed by atoms with van der Waals surface area (Å²) >= 11 is 0. The normalized spacial score (nSPS) is 15.6. The SMILES string of the molecule is CN=C(NCc1ccccc1COC)NC1CCN(Cc2ccccc2)CC1.I. The minimum atomic E-state index is 0. The molecule has 0 spiro atoms. The van der Waals surface area contributed by atoms with Crippen molar-refractivity contribution in [3.05, 3.63) is 71.3 Å². The highest BCUT2D eigenvalue weighted by atomic mass is 127. The Kier molecular flexibility index (Phi) is 10.5. The van der Waals surface area contributed by atoms with Gasteiger partial charge in [0.15, 0.2) is 5.96 Å². The Morgan fingerprint density at radius 3 is 2.34 bits per heavy atom. The molecule has 0 aromatic heterocycles. The van der Waals surface area contributed by atoms with Crippen LogP contribution in [0.5, 0.6) is 0 Å². The van der Waals surface area contributed by atoms with E-state index in [0.717, 1.165) is 45.0 Å². The maximum Gasteiger partial charge on any atom is 0.191 e. The molecule has 0 aliphatic carbocycles. The van der Waals surface area contributed by atoms with Gasteiger partial charge in [-0.25, -0.2) is 0 Å². The summed E-state index contributed by atoms with van der Waals surface area (Å²) in [5.41, 5.74) is 3.84. The first kappa shape index (κ1) is 23.6. The molecule has 1 aliphatic heterocycles. The van der Waals surface area contributed by atoms with Gasteiger partial charge in [0, 0.05) is 46.4 Å². The summed E-state index contributed by atoms with van der Waals surface area (Å²) in [4.78, 5) is 6.94. The summed E-state index contributed by atoms with van der Waals surface area (Å²) in [6, 6.07) is 19.5. The van der Waals surface area contributed by atoms with E-state index in [2.05, 4.69) is 69.1 Å². The van der Waals surface area contributed by atoms with Crippen LogP contribution in [0.4, 0.5) is 0 Å². The van der Waals surface area contributed by atoms with Crippen molar-refractivity contribution >= 4 is 29.9 Å². The van der Waals surface area contributed by atoms with Crippen molar-refractivity contribution in [2.45, 2.75) is 38.6 Å². The van der Waals surface area contributed by atoms with Crippen LogP contribution in [0.25, 0.3) is 0 Å². The number of nitrogens with one attached hydrogen (secondary N) is 2. The first-order chi connectivity index (χ1) is 13.8. The van der Waals surface area contributed by atoms with Gasteiger partial charge in [-0.15, -0.1) is 24.0 Å². The molecule has 0 radical (unpaired) electrons. The lowest BCUT2D eigenvalue weighted by Crippen LogP contribution is -2.48. The van der Waals surface area contributed by atoms with E-state index in [4.69, 9.17) is 4.74 Å². The van der Waals surface area contributed by atoms with Crippen molar-refractivity contribution in [1.82, 2.24) is 15.5 Å². The van der Waals surface area contributed by atoms with E-state index in [0.29, 0.717) is 12.6 Å². The number of methoxy groups -OCH3 is 1. The highest BCUT2D eigenvalue weighted by Crippen LogP contribution is 2.14. The Balaban J connectivity index is 0.00000300. The smallest absolute Gasteiger partial charge is 0.191 e. The highest BCUT2D eigenvalue weighted by Gasteiger charge is 2.20. The number of benzene rings is 2. The van der Waals surface area contributed by atoms with Crippen LogP contribution in [-0.4, -0.2) is 44.1 Å². The van der Waals surface area contributed by atoms with E-state index in [-0.39, 0.29) is 24.0 Å². The maximum absolute atomic E-state index is 5.30. The Labute approximate surface area is 192 Å². The van der Waals surface area contributed by atoms with Crippen molar-refractivity contribution in [2.24, 2.45) is 4.99 Å². The number of nitrogens with zero attached hydrogens (tertiary/aromatic N) is 2. The fraction of sp³-hybridized carbons (Fsp3) is 0.435. The van der Waals surface area contributed by atoms with Crippen molar-refractivity contribution in [2.75, 3.05) is 27.2 Å². The molecule has 158 valence electrons. The fourth-order valence-corrected chi connectivity index (χ4v) is 3.67. The van der Waals surface area contributed by atoms with Crippen molar-refractivity contribution in [1.29, 1.82) is 0 Å². The van der Waals surface area contributed by atoms with Gasteiger partial charge in [-0.05, 0) is 29.5 Å². The summed E-state index contributed by atoms with van der Waals surface area (Å²) in [5, 5.41) is 7.05. The molecule has 2 N–H and O–H groups in total. The van der Waals surface area contributed by atoms with Crippen LogP contribution >= 0.6 is 24.0 Å². The Morgan fingerprint density at radius 2 is 1.69 bits per heavy atom. The summed E-state index contributed by atoms with van der Waals surface area (Å²) in [7, 11) is 3.57. The quantitative estimate of drug-likeness (QED) is 0.340. The van der Waals surface area contributed by atoms with E-state index in [1.165, 1.54) is 16.7 Å². The second-order valence-corrected chi connectivity index (χ2v) is 7.31. The Morgan fingerprint density at radius 1 is 1.03 bits per heavy atom. The second kappa shape index (κ2) is 12.8. The largest absolute Gasteiger partial charge is 0.380 e. The van der Waals surface area contributed by atoms with Gasteiger partial charge in [-0.2, -0.15) is 0 Å². The van der Waals surface area contributed by atoms with Gasteiger partial charge >= 0.3 is 0 Å². The summed E-state index contributed by atoms with van der Waals surface area (Å²) in [6.45, 7) is 4.63. The topological polar surface area (TPSA) is 48.9 Å². The molecule has 2 aromatic carbocycles. The minimum Gasteiger partial charge on any atom is -0.380 e. The summed E-state index contributed by atoms with van der Waals surface area (Å²) in [5.74, 6) is 0.869. The molecule has 0 saturated carbocycles. The monoisotopic (exact) mass is 508 g/mol. The Bertz CT molecular complexity index is 746. The lowest BCUT2D eigenvalue weighted by Gasteiger charge is -2.33. The van der Waals surface area contributed by atoms with Gasteiger partial charge in [-0.1, -0.05) is 54.6 Å². The molecule has 2 aromatic rings. The molecule has 1 saturated heterocycles. The average Bonchev–Trinajstić information content (AvgIpc) is 2.74. The van der Waals surface area contributed by atoms with Gasteiger partial charge in [0.05, 0.1) is 6.61 Å². The van der Waals surface area contributed by atoms with Gasteiger partial charge in [0.1, 0.15) is 0 Å². The number of guanidine groups is 1. The summed E-state index contributed by atoms with van der Waals surface area (Å²) < 4.78 is 5.30. The molecule has 6 heteroatoms. The number of aliphatic imine (C=N–C) groups is 1. The van der Waals surface area contributed by atoms with Gasteiger partial charge < -0.3 is 15.4 Å². The molecule has 0 bridgehead atoms. The highest BCUT2D eigenvalue weighted by molar-refractivity contribution is 14.0. The zero-order valence-corrected chi connectivity index (χ0v) is 19.8. The molecule has 1 aliphatic rings. The standard InChI is InChI=1S/C23H32N4O.HI/c1-24-23(25-16-20-10-6-7-11-21(20)18-28-2)26-22-12-14-27(15-13-22)17-19-8-4-3-5-9-19;/h3-11,22H,12-18H2,1-2H3,(H2,24,25,26);1H. The average molecular weight is 508 g/mol. The lowest BCUT2D eigenvalue weighted by molar-refractivity contribution is 0.184. The second-order valence-electron chi connectivity index (χ2n) is 7.31. The first-order valence-electron chi connectivity index (χ1n) is 10.1. The zero-order chi connectivity index (χ0) is 19.6. The molecule has 0 unspecified atom stereocenters. The van der Waals surface area contributed by atoms with E-state index in [1.807, 2.05) is 13.1 Å². The van der Waals surface area contributed by atoms with Crippen LogP contribution < -0.4 is 10.6 Å². The summed E-state index contributed by atoms with van der Waals surface area (Å²) in [6.07, 6.45) is 2.27. The predicted molar refractivity (Wildman–Crippen MR) is 131 cm³/mol. The van der Waals surface area contributed by atoms with E-state index in [1.54, 1.807) is 7.11 Å². The molecule has 0 atom stereocenters. The fourth-order valence-electron chi connectivity index (χ4n) is 3.67. The molecule has 0 amide bonds. The predicted octanol–water partition coefficient (Wildman–Crippen LogP) is 3.78. The molecule has 1 fully saturated rings. The number of hydrogen-bond donors (Lipinski definition) is 2. The number of rotatable bonds is 7. The Hall–Kier alpha value is -1.64. The number of halogens is 1. The molecule has 5 nitrogen and oxygen atoms in total. The van der Waals surface area contributed by atoms with Crippen molar-refractivity contribution in [3.8, 4) is 0 Å². The van der Waals surface area contributed by atoms with Gasteiger partial charge in [0.2, 0.25) is 0 Å². The minimum absolute atomic E-state index is 0. The molecule has 29 heavy (non-hydrogen) atoms. The van der Waals surface area contributed by atoms with Crippen LogP contribution in [0.2, 0.25) is 0 Å². The third-order valence-electron chi connectivity index (χ3n) is 5.27.